The lowest BCUT2D eigenvalue weighted by molar-refractivity contribution is -0.122. The van der Waals surface area contributed by atoms with E-state index in [1.54, 1.807) is 17.0 Å². The van der Waals surface area contributed by atoms with E-state index in [9.17, 15) is 4.79 Å². The number of nitrogens with zero attached hydrogens (tertiary/aromatic N) is 2. The van der Waals surface area contributed by atoms with E-state index in [2.05, 4.69) is 12.1 Å². The molecule has 0 aromatic heterocycles. The molecule has 1 aliphatic rings. The average molecular weight is 574 g/mol. The van der Waals surface area contributed by atoms with Gasteiger partial charge in [-0.1, -0.05) is 95.5 Å². The van der Waals surface area contributed by atoms with Gasteiger partial charge in [-0.25, -0.2) is 4.99 Å². The van der Waals surface area contributed by atoms with Gasteiger partial charge in [-0.3, -0.25) is 9.69 Å². The molecule has 4 nitrogen and oxygen atoms in total. The molecule has 1 saturated heterocycles. The van der Waals surface area contributed by atoms with Crippen LogP contribution in [0.4, 0.5) is 5.69 Å². The van der Waals surface area contributed by atoms with Gasteiger partial charge in [-0.15, -0.1) is 0 Å². The van der Waals surface area contributed by atoms with Gasteiger partial charge in [0.25, 0.3) is 5.91 Å². The number of amides is 1. The number of hydrogen-bond donors (Lipinski definition) is 0. The largest absolute Gasteiger partial charge is 0.488 e. The van der Waals surface area contributed by atoms with Gasteiger partial charge >= 0.3 is 0 Å². The summed E-state index contributed by atoms with van der Waals surface area (Å²) >= 11 is 13.7. The van der Waals surface area contributed by atoms with Crippen molar-refractivity contribution in [3.63, 3.8) is 0 Å². The molecule has 5 rings (SSSR count). The average Bonchev–Trinajstić information content (AvgIpc) is 3.23. The summed E-state index contributed by atoms with van der Waals surface area (Å²) in [5, 5.41) is 1.79. The lowest BCUT2D eigenvalue weighted by atomic mass is 10.1. The van der Waals surface area contributed by atoms with E-state index in [4.69, 9.17) is 32.9 Å². The van der Waals surface area contributed by atoms with Crippen molar-refractivity contribution in [2.45, 2.75) is 20.0 Å². The third-order valence-corrected chi connectivity index (χ3v) is 7.81. The molecule has 0 atom stereocenters. The molecular formula is C32H26Cl2N2O2S. The summed E-state index contributed by atoms with van der Waals surface area (Å²) in [5.41, 5.74) is 4.77. The summed E-state index contributed by atoms with van der Waals surface area (Å²) in [6.07, 6.45) is 2.61. The highest BCUT2D eigenvalue weighted by molar-refractivity contribution is 8.18. The predicted molar refractivity (Wildman–Crippen MR) is 163 cm³/mol. The number of carbonyl (C=O) groups is 1. The number of aliphatic imine (C=N–C) groups is 1. The Morgan fingerprint density at radius 1 is 0.923 bits per heavy atom. The molecule has 0 saturated carbocycles. The third kappa shape index (κ3) is 6.93. The second-order valence-corrected chi connectivity index (χ2v) is 10.9. The lowest BCUT2D eigenvalue weighted by Gasteiger charge is -2.15. The van der Waals surface area contributed by atoms with Crippen LogP contribution < -0.4 is 4.74 Å². The Balaban J connectivity index is 1.41. The molecule has 0 N–H and O–H groups in total. The SMILES string of the molecule is Cc1ccc(N=C2S/C(=C/c3ccccc3OCc3ccc(Cl)cc3Cl)C(=O)N2CCc2ccccc2)cc1. The Hall–Kier alpha value is -3.51. The molecule has 0 unspecified atom stereocenters. The molecular weight excluding hydrogens is 547 g/mol. The summed E-state index contributed by atoms with van der Waals surface area (Å²) < 4.78 is 6.12. The fraction of sp³-hybridized carbons (Fsp3) is 0.125. The second-order valence-electron chi connectivity index (χ2n) is 9.10. The molecule has 4 aromatic carbocycles. The van der Waals surface area contributed by atoms with Crippen LogP contribution in [0.3, 0.4) is 0 Å². The Bertz CT molecular complexity index is 1540. The van der Waals surface area contributed by atoms with Gasteiger partial charge in [0.1, 0.15) is 12.4 Å². The second kappa shape index (κ2) is 12.6. The number of carbonyl (C=O) groups excluding carboxylic acids is 1. The summed E-state index contributed by atoms with van der Waals surface area (Å²) in [6, 6.07) is 31.1. The number of para-hydroxylation sites is 1. The van der Waals surface area contributed by atoms with Crippen LogP contribution in [0.1, 0.15) is 22.3 Å². The molecule has 39 heavy (non-hydrogen) atoms. The zero-order chi connectivity index (χ0) is 27.2. The minimum Gasteiger partial charge on any atom is -0.488 e. The van der Waals surface area contributed by atoms with Gasteiger partial charge < -0.3 is 4.74 Å². The number of aryl methyl sites for hydroxylation is 1. The third-order valence-electron chi connectivity index (χ3n) is 6.22. The molecule has 1 fully saturated rings. The summed E-state index contributed by atoms with van der Waals surface area (Å²) in [7, 11) is 0. The monoisotopic (exact) mass is 572 g/mol. The van der Waals surface area contributed by atoms with Crippen molar-refractivity contribution >= 4 is 57.8 Å². The van der Waals surface area contributed by atoms with Crippen molar-refractivity contribution in [1.82, 2.24) is 4.90 Å². The normalized spacial score (nSPS) is 15.4. The van der Waals surface area contributed by atoms with Gasteiger partial charge in [-0.2, -0.15) is 0 Å². The minimum atomic E-state index is -0.0719. The number of hydrogen-bond acceptors (Lipinski definition) is 4. The zero-order valence-electron chi connectivity index (χ0n) is 21.3. The molecule has 1 amide bonds. The van der Waals surface area contributed by atoms with Crippen molar-refractivity contribution < 1.29 is 9.53 Å². The van der Waals surface area contributed by atoms with Crippen molar-refractivity contribution in [2.75, 3.05) is 6.54 Å². The highest BCUT2D eigenvalue weighted by atomic mass is 35.5. The molecule has 4 aromatic rings. The summed E-state index contributed by atoms with van der Waals surface area (Å²) in [6.45, 7) is 2.85. The number of halogens is 2. The Morgan fingerprint density at radius 2 is 1.67 bits per heavy atom. The van der Waals surface area contributed by atoms with E-state index < -0.39 is 0 Å². The molecule has 1 aliphatic heterocycles. The first-order chi connectivity index (χ1) is 19.0. The van der Waals surface area contributed by atoms with Crippen LogP contribution >= 0.6 is 35.0 Å². The van der Waals surface area contributed by atoms with Crippen LogP contribution in [0.2, 0.25) is 10.0 Å². The minimum absolute atomic E-state index is 0.0719. The van der Waals surface area contributed by atoms with Crippen LogP contribution in [0.25, 0.3) is 6.08 Å². The smallest absolute Gasteiger partial charge is 0.266 e. The van der Waals surface area contributed by atoms with Crippen LogP contribution in [0.5, 0.6) is 5.75 Å². The van der Waals surface area contributed by atoms with E-state index in [0.717, 1.165) is 28.8 Å². The molecule has 0 radical (unpaired) electrons. The topological polar surface area (TPSA) is 41.9 Å². The zero-order valence-corrected chi connectivity index (χ0v) is 23.6. The van der Waals surface area contributed by atoms with Crippen molar-refractivity contribution in [2.24, 2.45) is 4.99 Å². The van der Waals surface area contributed by atoms with E-state index in [-0.39, 0.29) is 12.5 Å². The molecule has 7 heteroatoms. The molecule has 0 bridgehead atoms. The molecule has 196 valence electrons. The number of amidine groups is 1. The first-order valence-electron chi connectivity index (χ1n) is 12.5. The first kappa shape index (κ1) is 27.1. The Kier molecular flexibility index (Phi) is 8.72. The van der Waals surface area contributed by atoms with E-state index >= 15 is 0 Å². The lowest BCUT2D eigenvalue weighted by Crippen LogP contribution is -2.31. The molecule has 1 heterocycles. The van der Waals surface area contributed by atoms with Crippen molar-refractivity contribution in [1.29, 1.82) is 0 Å². The standard InChI is InChI=1S/C32H26Cl2N2O2S/c1-22-11-15-27(16-12-22)35-32-36(18-17-23-7-3-2-4-8-23)31(37)30(39-32)19-24-9-5-6-10-29(24)38-21-25-13-14-26(33)20-28(25)34/h2-16,19-20H,17-18,21H2,1H3/b30-19+,35-32?. The van der Waals surface area contributed by atoms with E-state index in [1.165, 1.54) is 17.3 Å². The number of ether oxygens (including phenoxy) is 1. The van der Waals surface area contributed by atoms with Crippen LogP contribution in [0, 0.1) is 6.92 Å². The van der Waals surface area contributed by atoms with E-state index in [1.807, 2.05) is 85.8 Å². The Morgan fingerprint density at radius 3 is 2.44 bits per heavy atom. The predicted octanol–water partition coefficient (Wildman–Crippen LogP) is 8.73. The van der Waals surface area contributed by atoms with Crippen molar-refractivity contribution in [3.8, 4) is 5.75 Å². The first-order valence-corrected chi connectivity index (χ1v) is 14.1. The van der Waals surface area contributed by atoms with Gasteiger partial charge in [-0.05, 0) is 67.1 Å². The van der Waals surface area contributed by atoms with Crippen molar-refractivity contribution in [3.05, 3.63) is 134 Å². The molecule has 0 spiro atoms. The quantitative estimate of drug-likeness (QED) is 0.198. The van der Waals surface area contributed by atoms with Gasteiger partial charge in [0, 0.05) is 27.7 Å². The Labute approximate surface area is 242 Å². The summed E-state index contributed by atoms with van der Waals surface area (Å²) in [4.78, 5) is 20.8. The number of thioether (sulfide) groups is 1. The van der Waals surface area contributed by atoms with Crippen LogP contribution in [0.15, 0.2) is 107 Å². The fourth-order valence-electron chi connectivity index (χ4n) is 4.07. The number of benzene rings is 4. The van der Waals surface area contributed by atoms with Gasteiger partial charge in [0.05, 0.1) is 10.6 Å². The maximum Gasteiger partial charge on any atom is 0.266 e. The molecule has 0 aliphatic carbocycles. The van der Waals surface area contributed by atoms with E-state index in [0.29, 0.717) is 32.4 Å². The maximum absolute atomic E-state index is 13.6. The highest BCUT2D eigenvalue weighted by Crippen LogP contribution is 2.36. The van der Waals surface area contributed by atoms with Crippen LogP contribution in [-0.4, -0.2) is 22.5 Å². The van der Waals surface area contributed by atoms with Gasteiger partial charge in [0.2, 0.25) is 0 Å². The maximum atomic E-state index is 13.6. The summed E-state index contributed by atoms with van der Waals surface area (Å²) in [5.74, 6) is 0.585. The van der Waals surface area contributed by atoms with Crippen LogP contribution in [-0.2, 0) is 17.8 Å². The number of rotatable bonds is 8. The highest BCUT2D eigenvalue weighted by Gasteiger charge is 2.33. The van der Waals surface area contributed by atoms with Gasteiger partial charge in [0.15, 0.2) is 5.17 Å². The fourth-order valence-corrected chi connectivity index (χ4v) is 5.55.